The molecule has 0 fully saturated rings. The van der Waals surface area contributed by atoms with Gasteiger partial charge in [-0.1, -0.05) is 38.1 Å². The molecule has 0 amide bonds. The number of alkyl halides is 1. The van der Waals surface area contributed by atoms with Crippen LogP contribution in [0.15, 0.2) is 24.3 Å². The molecule has 2 heteroatoms. The van der Waals surface area contributed by atoms with Crippen LogP contribution in [0.2, 0.25) is 0 Å². The second kappa shape index (κ2) is 4.35. The van der Waals surface area contributed by atoms with Crippen molar-refractivity contribution in [2.75, 3.05) is 0 Å². The van der Waals surface area contributed by atoms with Gasteiger partial charge < -0.3 is 0 Å². The summed E-state index contributed by atoms with van der Waals surface area (Å²) in [5, 5.41) is -1.45. The average molecular weight is 212 g/mol. The molecule has 0 saturated heterocycles. The SMILES string of the molecule is CCc1cccc(C(C)C(C)(F)S)c1. The Balaban J connectivity index is 2.95. The quantitative estimate of drug-likeness (QED) is 0.720. The van der Waals surface area contributed by atoms with Gasteiger partial charge in [-0.05, 0) is 24.5 Å². The number of aryl methyl sites for hydroxylation is 1. The fourth-order valence-corrected chi connectivity index (χ4v) is 1.54. The van der Waals surface area contributed by atoms with Gasteiger partial charge in [-0.25, -0.2) is 4.39 Å². The van der Waals surface area contributed by atoms with Crippen LogP contribution < -0.4 is 0 Å². The smallest absolute Gasteiger partial charge is 0.157 e. The summed E-state index contributed by atoms with van der Waals surface area (Å²) in [6.45, 7) is 5.46. The third-order valence-corrected chi connectivity index (χ3v) is 3.04. The van der Waals surface area contributed by atoms with Crippen LogP contribution in [0.4, 0.5) is 4.39 Å². The Morgan fingerprint density at radius 2 is 2.14 bits per heavy atom. The summed E-state index contributed by atoms with van der Waals surface area (Å²) in [7, 11) is 0. The number of hydrogen-bond acceptors (Lipinski definition) is 1. The molecule has 1 aromatic carbocycles. The lowest BCUT2D eigenvalue weighted by atomic mass is 9.94. The summed E-state index contributed by atoms with van der Waals surface area (Å²) in [5.74, 6) is -0.183. The monoisotopic (exact) mass is 212 g/mol. The molecule has 0 N–H and O–H groups in total. The van der Waals surface area contributed by atoms with Crippen LogP contribution in [0.1, 0.15) is 37.8 Å². The van der Waals surface area contributed by atoms with Crippen molar-refractivity contribution in [1.29, 1.82) is 0 Å². The van der Waals surface area contributed by atoms with Gasteiger partial charge in [0.2, 0.25) is 0 Å². The Hall–Kier alpha value is -0.500. The molecule has 0 aromatic heterocycles. The van der Waals surface area contributed by atoms with Crippen molar-refractivity contribution < 1.29 is 4.39 Å². The highest BCUT2D eigenvalue weighted by Crippen LogP contribution is 2.34. The van der Waals surface area contributed by atoms with E-state index in [0.29, 0.717) is 0 Å². The Morgan fingerprint density at radius 3 is 2.64 bits per heavy atom. The Kier molecular flexibility index (Phi) is 3.59. The first-order valence-corrected chi connectivity index (χ1v) is 5.40. The van der Waals surface area contributed by atoms with Crippen molar-refractivity contribution in [2.45, 2.75) is 38.1 Å². The molecule has 0 nitrogen and oxygen atoms in total. The zero-order chi connectivity index (χ0) is 10.8. The van der Waals surface area contributed by atoms with Crippen molar-refractivity contribution in [3.8, 4) is 0 Å². The fourth-order valence-electron chi connectivity index (χ4n) is 1.39. The van der Waals surface area contributed by atoms with E-state index in [1.54, 1.807) is 0 Å². The minimum atomic E-state index is -1.45. The molecule has 0 bridgehead atoms. The third kappa shape index (κ3) is 2.74. The first-order chi connectivity index (χ1) is 6.45. The molecule has 78 valence electrons. The highest BCUT2D eigenvalue weighted by Gasteiger charge is 2.27. The minimum absolute atomic E-state index is 0.183. The highest BCUT2D eigenvalue weighted by atomic mass is 32.1. The van der Waals surface area contributed by atoms with E-state index < -0.39 is 5.00 Å². The van der Waals surface area contributed by atoms with Crippen LogP contribution in [0.25, 0.3) is 0 Å². The predicted octanol–water partition coefficient (Wildman–Crippen LogP) is 3.97. The molecule has 2 unspecified atom stereocenters. The molecule has 0 spiro atoms. The van der Waals surface area contributed by atoms with E-state index in [-0.39, 0.29) is 5.92 Å². The largest absolute Gasteiger partial charge is 0.232 e. The van der Waals surface area contributed by atoms with Gasteiger partial charge in [-0.2, -0.15) is 0 Å². The summed E-state index contributed by atoms with van der Waals surface area (Å²) >= 11 is 3.96. The van der Waals surface area contributed by atoms with Crippen LogP contribution in [-0.2, 0) is 6.42 Å². The number of rotatable bonds is 3. The van der Waals surface area contributed by atoms with Crippen LogP contribution in [0, 0.1) is 0 Å². The molecular weight excluding hydrogens is 195 g/mol. The Labute approximate surface area is 90.9 Å². The maximum Gasteiger partial charge on any atom is 0.157 e. The van der Waals surface area contributed by atoms with Gasteiger partial charge in [0.05, 0.1) is 0 Å². The third-order valence-electron chi connectivity index (χ3n) is 2.65. The summed E-state index contributed by atoms with van der Waals surface area (Å²) < 4.78 is 13.6. The van der Waals surface area contributed by atoms with Crippen molar-refractivity contribution in [1.82, 2.24) is 0 Å². The first-order valence-electron chi connectivity index (χ1n) is 4.95. The molecule has 0 aliphatic heterocycles. The number of hydrogen-bond donors (Lipinski definition) is 1. The summed E-state index contributed by atoms with van der Waals surface area (Å²) in [5.41, 5.74) is 2.26. The van der Waals surface area contributed by atoms with E-state index in [1.807, 2.05) is 19.1 Å². The van der Waals surface area contributed by atoms with E-state index in [9.17, 15) is 4.39 Å². The van der Waals surface area contributed by atoms with Gasteiger partial charge in [0.1, 0.15) is 0 Å². The number of benzene rings is 1. The second-order valence-corrected chi connectivity index (χ2v) is 4.72. The van der Waals surface area contributed by atoms with Gasteiger partial charge in [0.15, 0.2) is 5.00 Å². The van der Waals surface area contributed by atoms with Crippen LogP contribution >= 0.6 is 12.6 Å². The standard InChI is InChI=1S/C12H17FS/c1-4-10-6-5-7-11(8-10)9(2)12(3,13)14/h5-9,14H,4H2,1-3H3. The van der Waals surface area contributed by atoms with Gasteiger partial charge in [-0.15, -0.1) is 12.6 Å². The summed E-state index contributed by atoms with van der Waals surface area (Å²) in [4.78, 5) is 0. The lowest BCUT2D eigenvalue weighted by molar-refractivity contribution is 0.276. The molecule has 2 atom stereocenters. The molecule has 0 radical (unpaired) electrons. The highest BCUT2D eigenvalue weighted by molar-refractivity contribution is 7.81. The molecule has 1 aromatic rings. The van der Waals surface area contributed by atoms with Gasteiger partial charge in [-0.3, -0.25) is 0 Å². The predicted molar refractivity (Wildman–Crippen MR) is 62.7 cm³/mol. The fraction of sp³-hybridized carbons (Fsp3) is 0.500. The molecular formula is C12H17FS. The summed E-state index contributed by atoms with van der Waals surface area (Å²) in [6.07, 6.45) is 0.982. The minimum Gasteiger partial charge on any atom is -0.232 e. The van der Waals surface area contributed by atoms with E-state index in [1.165, 1.54) is 12.5 Å². The van der Waals surface area contributed by atoms with Crippen molar-refractivity contribution in [3.63, 3.8) is 0 Å². The van der Waals surface area contributed by atoms with Crippen LogP contribution in [0.3, 0.4) is 0 Å². The van der Waals surface area contributed by atoms with Gasteiger partial charge >= 0.3 is 0 Å². The van der Waals surface area contributed by atoms with Crippen molar-refractivity contribution in [2.24, 2.45) is 0 Å². The maximum atomic E-state index is 13.6. The van der Waals surface area contributed by atoms with E-state index in [0.717, 1.165) is 12.0 Å². The zero-order valence-corrected chi connectivity index (χ0v) is 9.81. The van der Waals surface area contributed by atoms with Crippen molar-refractivity contribution >= 4 is 12.6 Å². The molecule has 0 heterocycles. The lowest BCUT2D eigenvalue weighted by Crippen LogP contribution is -2.18. The number of halogens is 1. The number of thiol groups is 1. The first kappa shape index (κ1) is 11.6. The van der Waals surface area contributed by atoms with E-state index in [4.69, 9.17) is 0 Å². The van der Waals surface area contributed by atoms with Gasteiger partial charge in [0.25, 0.3) is 0 Å². The maximum absolute atomic E-state index is 13.6. The Bertz CT molecular complexity index is 301. The van der Waals surface area contributed by atoms with Crippen LogP contribution in [-0.4, -0.2) is 5.00 Å². The zero-order valence-electron chi connectivity index (χ0n) is 8.92. The molecule has 14 heavy (non-hydrogen) atoms. The van der Waals surface area contributed by atoms with Gasteiger partial charge in [0, 0.05) is 5.92 Å². The van der Waals surface area contributed by atoms with Crippen LogP contribution in [0.5, 0.6) is 0 Å². The molecule has 0 aliphatic carbocycles. The summed E-state index contributed by atoms with van der Waals surface area (Å²) in [6, 6.07) is 8.05. The second-order valence-electron chi connectivity index (χ2n) is 3.84. The molecule has 0 aliphatic rings. The normalized spacial score (nSPS) is 17.5. The van der Waals surface area contributed by atoms with E-state index >= 15 is 0 Å². The Morgan fingerprint density at radius 1 is 1.50 bits per heavy atom. The molecule has 0 saturated carbocycles. The topological polar surface area (TPSA) is 0 Å². The average Bonchev–Trinajstić information content (AvgIpc) is 2.15. The molecule has 1 rings (SSSR count). The van der Waals surface area contributed by atoms with E-state index in [2.05, 4.69) is 31.7 Å². The lowest BCUT2D eigenvalue weighted by Gasteiger charge is -2.22. The van der Waals surface area contributed by atoms with Crippen molar-refractivity contribution in [3.05, 3.63) is 35.4 Å².